The van der Waals surface area contributed by atoms with E-state index in [0.29, 0.717) is 0 Å². The predicted octanol–water partition coefficient (Wildman–Crippen LogP) is 2.62. The van der Waals surface area contributed by atoms with E-state index in [1.165, 1.54) is 20.3 Å². The summed E-state index contributed by atoms with van der Waals surface area (Å²) in [6.45, 7) is -0.567. The Morgan fingerprint density at radius 1 is 1.21 bits per heavy atom. The highest BCUT2D eigenvalue weighted by atomic mass is 35.5. The Hall–Kier alpha value is -2.47. The van der Waals surface area contributed by atoms with Crippen molar-refractivity contribution in [1.29, 1.82) is 0 Å². The van der Waals surface area contributed by atoms with E-state index in [4.69, 9.17) is 21.1 Å². The van der Waals surface area contributed by atoms with E-state index < -0.39 is 45.9 Å². The van der Waals surface area contributed by atoms with Gasteiger partial charge in [0.1, 0.15) is 16.7 Å². The van der Waals surface area contributed by atoms with Crippen molar-refractivity contribution in [3.8, 4) is 11.5 Å². The van der Waals surface area contributed by atoms with Crippen molar-refractivity contribution in [1.82, 2.24) is 14.3 Å². The summed E-state index contributed by atoms with van der Waals surface area (Å²) < 4.78 is 74.5. The molecular formula is C15H15ClF3N3O5S. The summed E-state index contributed by atoms with van der Waals surface area (Å²) >= 11 is 5.86. The number of sulfonamides is 1. The van der Waals surface area contributed by atoms with Gasteiger partial charge in [-0.2, -0.15) is 13.2 Å². The predicted molar refractivity (Wildman–Crippen MR) is 92.1 cm³/mol. The van der Waals surface area contributed by atoms with Crippen LogP contribution in [0.25, 0.3) is 0 Å². The molecule has 0 aliphatic heterocycles. The van der Waals surface area contributed by atoms with Crippen molar-refractivity contribution in [3.63, 3.8) is 0 Å². The van der Waals surface area contributed by atoms with E-state index in [9.17, 15) is 26.4 Å². The van der Waals surface area contributed by atoms with Gasteiger partial charge in [-0.05, 0) is 0 Å². The van der Waals surface area contributed by atoms with Crippen molar-refractivity contribution < 1.29 is 35.9 Å². The summed E-state index contributed by atoms with van der Waals surface area (Å²) in [6, 6.07) is 3.74. The van der Waals surface area contributed by atoms with Crippen LogP contribution in [0.15, 0.2) is 29.4 Å². The fourth-order valence-electron chi connectivity index (χ4n) is 2.09. The fourth-order valence-corrected chi connectivity index (χ4v) is 3.35. The van der Waals surface area contributed by atoms with E-state index in [2.05, 4.69) is 4.98 Å². The Morgan fingerprint density at radius 2 is 1.79 bits per heavy atom. The fraction of sp³-hybridized carbons (Fsp3) is 0.333. The molecule has 154 valence electrons. The molecule has 0 unspecified atom stereocenters. The molecule has 8 nitrogen and oxygen atoms in total. The number of aryl methyl sites for hydroxylation is 1. The number of methoxy groups -OCH3 is 2. The van der Waals surface area contributed by atoms with Crippen LogP contribution < -0.4 is 14.2 Å². The molecule has 13 heteroatoms. The molecule has 1 heterocycles. The van der Waals surface area contributed by atoms with E-state index >= 15 is 0 Å². The summed E-state index contributed by atoms with van der Waals surface area (Å²) in [5.74, 6) is -0.860. The average Bonchev–Trinajstić information content (AvgIpc) is 2.99. The molecule has 0 saturated heterocycles. The van der Waals surface area contributed by atoms with Crippen LogP contribution in [0.5, 0.6) is 11.5 Å². The number of ether oxygens (including phenoxy) is 2. The van der Waals surface area contributed by atoms with E-state index in [1.54, 1.807) is 4.72 Å². The van der Waals surface area contributed by atoms with Crippen molar-refractivity contribution in [2.45, 2.75) is 24.0 Å². The Labute approximate surface area is 163 Å². The molecule has 1 aromatic carbocycles. The third kappa shape index (κ3) is 5.29. The highest BCUT2D eigenvalue weighted by Gasteiger charge is 2.29. The number of nitrogens with zero attached hydrogens (tertiary/aromatic N) is 2. The second kappa shape index (κ2) is 8.27. The van der Waals surface area contributed by atoms with Gasteiger partial charge in [0.2, 0.25) is 0 Å². The number of rotatable bonds is 7. The molecule has 0 radical (unpaired) electrons. The number of nitrogens with one attached hydrogen (secondary N) is 1. The molecular weight excluding hydrogens is 427 g/mol. The lowest BCUT2D eigenvalue weighted by Gasteiger charge is -2.10. The van der Waals surface area contributed by atoms with Crippen molar-refractivity contribution >= 4 is 27.5 Å². The maximum Gasteiger partial charge on any atom is 0.390 e. The first kappa shape index (κ1) is 21.8. The van der Waals surface area contributed by atoms with Crippen LogP contribution in [0.4, 0.5) is 13.2 Å². The van der Waals surface area contributed by atoms with Gasteiger partial charge in [0, 0.05) is 24.7 Å². The van der Waals surface area contributed by atoms with Crippen LogP contribution >= 0.6 is 11.6 Å². The lowest BCUT2D eigenvalue weighted by atomic mass is 10.3. The number of hydrogen-bond donors (Lipinski definition) is 1. The molecule has 0 aliphatic carbocycles. The Kier molecular flexibility index (Phi) is 6.44. The molecule has 1 N–H and O–H groups in total. The topological polar surface area (TPSA) is 99.5 Å². The summed E-state index contributed by atoms with van der Waals surface area (Å²) in [4.78, 5) is 15.5. The van der Waals surface area contributed by atoms with Crippen LogP contribution in [0.3, 0.4) is 0 Å². The SMILES string of the molecule is COc1cc(OC)cc(S(=O)(=O)NC(=O)c2ncn(CCC(F)(F)F)c2Cl)c1. The molecule has 2 rings (SSSR count). The third-order valence-electron chi connectivity index (χ3n) is 3.49. The quantitative estimate of drug-likeness (QED) is 0.709. The summed E-state index contributed by atoms with van der Waals surface area (Å²) in [6.07, 6.45) is -4.69. The lowest BCUT2D eigenvalue weighted by molar-refractivity contribution is -0.136. The maximum absolute atomic E-state index is 12.5. The van der Waals surface area contributed by atoms with Gasteiger partial charge in [-0.1, -0.05) is 11.6 Å². The van der Waals surface area contributed by atoms with Crippen LogP contribution in [-0.2, 0) is 16.6 Å². The van der Waals surface area contributed by atoms with Gasteiger partial charge in [0.15, 0.2) is 5.69 Å². The molecule has 2 aromatic rings. The number of imidazole rings is 1. The van der Waals surface area contributed by atoms with Crippen LogP contribution in [0.1, 0.15) is 16.9 Å². The zero-order chi connectivity index (χ0) is 21.1. The van der Waals surface area contributed by atoms with Crippen LogP contribution in [0, 0.1) is 0 Å². The van der Waals surface area contributed by atoms with Gasteiger partial charge >= 0.3 is 6.18 Å². The van der Waals surface area contributed by atoms with Gasteiger partial charge in [-0.15, -0.1) is 0 Å². The van der Waals surface area contributed by atoms with E-state index in [-0.39, 0.29) is 16.4 Å². The summed E-state index contributed by atoms with van der Waals surface area (Å²) in [5.41, 5.74) is -0.526. The minimum absolute atomic E-state index is 0.168. The zero-order valence-electron chi connectivity index (χ0n) is 14.6. The summed E-state index contributed by atoms with van der Waals surface area (Å²) in [7, 11) is -1.73. The second-order valence-corrected chi connectivity index (χ2v) is 7.47. The number of alkyl halides is 3. The minimum Gasteiger partial charge on any atom is -0.497 e. The Morgan fingerprint density at radius 3 is 2.29 bits per heavy atom. The number of amides is 1. The Bertz CT molecular complexity index is 954. The standard InChI is InChI=1S/C15H15ClF3N3O5S/c1-26-9-5-10(27-2)7-11(6-9)28(24,25)21-14(23)12-13(16)22(8-20-12)4-3-15(17,18)19/h5-8H,3-4H2,1-2H3,(H,21,23). The first-order valence-corrected chi connectivity index (χ1v) is 9.40. The monoisotopic (exact) mass is 441 g/mol. The number of aromatic nitrogens is 2. The molecule has 1 aromatic heterocycles. The molecule has 0 atom stereocenters. The summed E-state index contributed by atoms with van der Waals surface area (Å²) in [5, 5.41) is -0.417. The molecule has 1 amide bonds. The van der Waals surface area contributed by atoms with Crippen molar-refractivity contribution in [2.24, 2.45) is 0 Å². The van der Waals surface area contributed by atoms with E-state index in [0.717, 1.165) is 23.0 Å². The smallest absolute Gasteiger partial charge is 0.390 e. The first-order chi connectivity index (χ1) is 13.0. The number of benzene rings is 1. The third-order valence-corrected chi connectivity index (χ3v) is 5.19. The van der Waals surface area contributed by atoms with Gasteiger partial charge in [-0.25, -0.2) is 18.1 Å². The van der Waals surface area contributed by atoms with Crippen LogP contribution in [-0.4, -0.2) is 44.3 Å². The molecule has 0 fully saturated rings. The first-order valence-electron chi connectivity index (χ1n) is 7.54. The maximum atomic E-state index is 12.5. The average molecular weight is 442 g/mol. The number of carbonyl (C=O) groups is 1. The highest BCUT2D eigenvalue weighted by Crippen LogP contribution is 2.26. The molecule has 0 aliphatic rings. The molecule has 28 heavy (non-hydrogen) atoms. The van der Waals surface area contributed by atoms with Crippen molar-refractivity contribution in [2.75, 3.05) is 14.2 Å². The Balaban J connectivity index is 2.24. The second-order valence-electron chi connectivity index (χ2n) is 5.43. The normalized spacial score (nSPS) is 11.9. The highest BCUT2D eigenvalue weighted by molar-refractivity contribution is 7.90. The minimum atomic E-state index is -4.43. The largest absolute Gasteiger partial charge is 0.497 e. The van der Waals surface area contributed by atoms with Crippen LogP contribution in [0.2, 0.25) is 5.15 Å². The zero-order valence-corrected chi connectivity index (χ0v) is 16.2. The lowest BCUT2D eigenvalue weighted by Crippen LogP contribution is -2.31. The number of carbonyl (C=O) groups excluding carboxylic acids is 1. The van der Waals surface area contributed by atoms with Gasteiger partial charge in [-0.3, -0.25) is 4.79 Å². The molecule has 0 spiro atoms. The van der Waals surface area contributed by atoms with Gasteiger partial charge in [0.05, 0.1) is 31.9 Å². The van der Waals surface area contributed by atoms with Gasteiger partial charge < -0.3 is 14.0 Å². The van der Waals surface area contributed by atoms with Crippen molar-refractivity contribution in [3.05, 3.63) is 35.4 Å². The molecule has 0 saturated carbocycles. The molecule has 0 bridgehead atoms. The number of halogens is 4. The van der Waals surface area contributed by atoms with E-state index in [1.807, 2.05) is 0 Å². The van der Waals surface area contributed by atoms with Gasteiger partial charge in [0.25, 0.3) is 15.9 Å². The number of hydrogen-bond acceptors (Lipinski definition) is 6.